The van der Waals surface area contributed by atoms with Gasteiger partial charge >= 0.3 is 0 Å². The van der Waals surface area contributed by atoms with Crippen molar-refractivity contribution in [3.63, 3.8) is 0 Å². The molecule has 0 saturated carbocycles. The van der Waals surface area contributed by atoms with Gasteiger partial charge in [-0.05, 0) is 42.7 Å². The van der Waals surface area contributed by atoms with E-state index in [9.17, 15) is 5.11 Å². The zero-order valence-electron chi connectivity index (χ0n) is 11.8. The summed E-state index contributed by atoms with van der Waals surface area (Å²) in [6, 6.07) is 15.7. The topological polar surface area (TPSA) is 32.3 Å². The van der Waals surface area contributed by atoms with Gasteiger partial charge in [-0.3, -0.25) is 0 Å². The van der Waals surface area contributed by atoms with Crippen LogP contribution >= 0.6 is 11.6 Å². The minimum atomic E-state index is 0.169. The second kappa shape index (κ2) is 6.78. The minimum Gasteiger partial charge on any atom is -0.508 e. The summed E-state index contributed by atoms with van der Waals surface area (Å²) in [5.74, 6) is 0.294. The third-order valence-corrected chi connectivity index (χ3v) is 3.87. The van der Waals surface area contributed by atoms with Gasteiger partial charge in [0.05, 0.1) is 0 Å². The highest BCUT2D eigenvalue weighted by Gasteiger charge is 2.15. The number of phenols is 1. The molecule has 1 unspecified atom stereocenters. The van der Waals surface area contributed by atoms with Gasteiger partial charge in [-0.25, -0.2) is 0 Å². The van der Waals surface area contributed by atoms with Crippen molar-refractivity contribution >= 4 is 11.6 Å². The lowest BCUT2D eigenvalue weighted by Gasteiger charge is -2.23. The summed E-state index contributed by atoms with van der Waals surface area (Å²) in [7, 11) is 0. The molecule has 0 saturated heterocycles. The van der Waals surface area contributed by atoms with Gasteiger partial charge in [0, 0.05) is 17.1 Å². The van der Waals surface area contributed by atoms with Crippen LogP contribution in [0.5, 0.6) is 5.75 Å². The summed E-state index contributed by atoms with van der Waals surface area (Å²) in [6.45, 7) is 4.26. The summed E-state index contributed by atoms with van der Waals surface area (Å²) in [5, 5.41) is 13.7. The number of benzene rings is 2. The third kappa shape index (κ3) is 3.53. The van der Waals surface area contributed by atoms with E-state index in [2.05, 4.69) is 19.2 Å². The van der Waals surface area contributed by atoms with E-state index < -0.39 is 0 Å². The van der Waals surface area contributed by atoms with E-state index in [-0.39, 0.29) is 12.1 Å². The van der Waals surface area contributed by atoms with Crippen LogP contribution in [0, 0.1) is 0 Å². The Bertz CT molecular complexity index is 553. The van der Waals surface area contributed by atoms with Gasteiger partial charge in [0.25, 0.3) is 0 Å². The van der Waals surface area contributed by atoms with E-state index >= 15 is 0 Å². The number of phenolic OH excluding ortho intramolecular Hbond substituents is 1. The number of hydrogen-bond donors (Lipinski definition) is 2. The fraction of sp³-hybridized carbons (Fsp3) is 0.294. The van der Waals surface area contributed by atoms with E-state index in [1.54, 1.807) is 12.1 Å². The summed E-state index contributed by atoms with van der Waals surface area (Å²) in [6.07, 6.45) is 0.972. The largest absolute Gasteiger partial charge is 0.508 e. The van der Waals surface area contributed by atoms with Gasteiger partial charge in [-0.2, -0.15) is 0 Å². The first-order valence-corrected chi connectivity index (χ1v) is 7.29. The van der Waals surface area contributed by atoms with Crippen molar-refractivity contribution in [2.24, 2.45) is 0 Å². The van der Waals surface area contributed by atoms with Gasteiger partial charge in [0.15, 0.2) is 0 Å². The monoisotopic (exact) mass is 289 g/mol. The molecule has 0 aliphatic carbocycles. The molecule has 2 N–H and O–H groups in total. The molecule has 0 aromatic heterocycles. The predicted octanol–water partition coefficient (Wildman–Crippen LogP) is 4.85. The zero-order chi connectivity index (χ0) is 14.5. The second-order valence-electron chi connectivity index (χ2n) is 4.96. The van der Waals surface area contributed by atoms with E-state index in [1.165, 1.54) is 5.56 Å². The number of aromatic hydroxyl groups is 1. The molecule has 3 heteroatoms. The van der Waals surface area contributed by atoms with Crippen LogP contribution in [0.25, 0.3) is 0 Å². The summed E-state index contributed by atoms with van der Waals surface area (Å²) >= 11 is 6.24. The van der Waals surface area contributed by atoms with Crippen LogP contribution in [0.2, 0.25) is 5.02 Å². The Morgan fingerprint density at radius 2 is 1.75 bits per heavy atom. The number of halogens is 1. The third-order valence-electron chi connectivity index (χ3n) is 3.53. The van der Waals surface area contributed by atoms with E-state index in [0.29, 0.717) is 5.75 Å². The molecule has 0 aliphatic heterocycles. The highest BCUT2D eigenvalue weighted by molar-refractivity contribution is 6.31. The van der Waals surface area contributed by atoms with Crippen molar-refractivity contribution in [2.75, 3.05) is 0 Å². The maximum Gasteiger partial charge on any atom is 0.115 e. The lowest BCUT2D eigenvalue weighted by atomic mass is 10.0. The average molecular weight is 290 g/mol. The molecule has 0 spiro atoms. The molecule has 0 amide bonds. The van der Waals surface area contributed by atoms with Crippen LogP contribution in [0.3, 0.4) is 0 Å². The van der Waals surface area contributed by atoms with Gasteiger partial charge in [0.2, 0.25) is 0 Å². The minimum absolute atomic E-state index is 0.169. The van der Waals surface area contributed by atoms with Crippen LogP contribution in [-0.2, 0) is 0 Å². The van der Waals surface area contributed by atoms with E-state index in [4.69, 9.17) is 11.6 Å². The van der Waals surface area contributed by atoms with Gasteiger partial charge in [0.1, 0.15) is 5.75 Å². The summed E-state index contributed by atoms with van der Waals surface area (Å²) < 4.78 is 0. The van der Waals surface area contributed by atoms with Gasteiger partial charge < -0.3 is 10.4 Å². The quantitative estimate of drug-likeness (QED) is 0.825. The lowest BCUT2D eigenvalue weighted by molar-refractivity contribution is 0.453. The SMILES string of the molecule is CCC(N[C@H](C)c1ccccc1Cl)c1ccc(O)cc1. The van der Waals surface area contributed by atoms with Crippen molar-refractivity contribution in [3.05, 3.63) is 64.7 Å². The highest BCUT2D eigenvalue weighted by atomic mass is 35.5. The smallest absolute Gasteiger partial charge is 0.115 e. The van der Waals surface area contributed by atoms with Crippen LogP contribution in [-0.4, -0.2) is 5.11 Å². The van der Waals surface area contributed by atoms with Gasteiger partial charge in [-0.1, -0.05) is 48.9 Å². The fourth-order valence-electron chi connectivity index (χ4n) is 2.37. The Kier molecular flexibility index (Phi) is 5.05. The maximum atomic E-state index is 9.37. The molecule has 106 valence electrons. The first kappa shape index (κ1) is 14.9. The van der Waals surface area contributed by atoms with Crippen LogP contribution in [0.4, 0.5) is 0 Å². The summed E-state index contributed by atoms with van der Waals surface area (Å²) in [4.78, 5) is 0. The van der Waals surface area contributed by atoms with Crippen LogP contribution in [0.1, 0.15) is 43.5 Å². The lowest BCUT2D eigenvalue weighted by Crippen LogP contribution is -2.24. The molecule has 0 aliphatic rings. The van der Waals surface area contributed by atoms with Crippen molar-refractivity contribution in [1.29, 1.82) is 0 Å². The van der Waals surface area contributed by atoms with E-state index in [0.717, 1.165) is 17.0 Å². The molecule has 2 atom stereocenters. The molecule has 0 fully saturated rings. The van der Waals surface area contributed by atoms with Crippen molar-refractivity contribution in [3.8, 4) is 5.75 Å². The summed E-state index contributed by atoms with van der Waals surface area (Å²) in [5.41, 5.74) is 2.27. The normalized spacial score (nSPS) is 13.9. The second-order valence-corrected chi connectivity index (χ2v) is 5.37. The van der Waals surface area contributed by atoms with E-state index in [1.807, 2.05) is 36.4 Å². The molecule has 2 nitrogen and oxygen atoms in total. The fourth-order valence-corrected chi connectivity index (χ4v) is 2.67. The molecule has 20 heavy (non-hydrogen) atoms. The predicted molar refractivity (Wildman–Crippen MR) is 84.1 cm³/mol. The van der Waals surface area contributed by atoms with Crippen molar-refractivity contribution in [2.45, 2.75) is 32.4 Å². The zero-order valence-corrected chi connectivity index (χ0v) is 12.6. The number of hydrogen-bond acceptors (Lipinski definition) is 2. The Balaban J connectivity index is 2.14. The van der Waals surface area contributed by atoms with Crippen LogP contribution < -0.4 is 5.32 Å². The molecule has 0 radical (unpaired) electrons. The maximum absolute atomic E-state index is 9.37. The molecule has 2 aromatic carbocycles. The Morgan fingerprint density at radius 1 is 1.10 bits per heavy atom. The molecule has 0 heterocycles. The standard InChI is InChI=1S/C17H20ClNO/c1-3-17(13-8-10-14(20)11-9-13)19-12(2)15-6-4-5-7-16(15)18/h4-12,17,19-20H,3H2,1-2H3/t12-,17?/m1/s1. The van der Waals surface area contributed by atoms with Crippen molar-refractivity contribution < 1.29 is 5.11 Å². The Labute approximate surface area is 125 Å². The van der Waals surface area contributed by atoms with Crippen molar-refractivity contribution in [1.82, 2.24) is 5.32 Å². The molecular weight excluding hydrogens is 270 g/mol. The Hall–Kier alpha value is -1.51. The number of rotatable bonds is 5. The molecule has 2 rings (SSSR count). The Morgan fingerprint density at radius 3 is 2.35 bits per heavy atom. The average Bonchev–Trinajstić information content (AvgIpc) is 2.46. The molecular formula is C17H20ClNO. The molecule has 0 bridgehead atoms. The first-order valence-electron chi connectivity index (χ1n) is 6.91. The van der Waals surface area contributed by atoms with Crippen LogP contribution in [0.15, 0.2) is 48.5 Å². The highest BCUT2D eigenvalue weighted by Crippen LogP contribution is 2.27. The molecule has 2 aromatic rings. The number of nitrogens with one attached hydrogen (secondary N) is 1. The first-order chi connectivity index (χ1) is 9.61. The van der Waals surface area contributed by atoms with Gasteiger partial charge in [-0.15, -0.1) is 0 Å².